The molecular formula is C15H20N2OS. The minimum absolute atomic E-state index is 0.571. The Bertz CT molecular complexity index is 563. The first-order valence-corrected chi connectivity index (χ1v) is 7.27. The van der Waals surface area contributed by atoms with Gasteiger partial charge in [0.2, 0.25) is 0 Å². The maximum Gasteiger partial charge on any atom is 0.122 e. The largest absolute Gasteiger partial charge is 0.493 e. The highest BCUT2D eigenvalue weighted by Gasteiger charge is 2.06. The van der Waals surface area contributed by atoms with Crippen LogP contribution < -0.4 is 10.5 Å². The highest BCUT2D eigenvalue weighted by atomic mass is 32.1. The smallest absolute Gasteiger partial charge is 0.122 e. The van der Waals surface area contributed by atoms with E-state index in [2.05, 4.69) is 37.0 Å². The molecule has 0 unspecified atom stereocenters. The van der Waals surface area contributed by atoms with Gasteiger partial charge in [-0.25, -0.2) is 4.98 Å². The molecule has 1 aromatic carbocycles. The molecule has 3 nitrogen and oxygen atoms in total. The molecule has 2 N–H and O–H groups in total. The summed E-state index contributed by atoms with van der Waals surface area (Å²) >= 11 is 1.69. The van der Waals surface area contributed by atoms with Crippen LogP contribution in [0.4, 0.5) is 0 Å². The van der Waals surface area contributed by atoms with Gasteiger partial charge in [-0.1, -0.05) is 12.1 Å². The van der Waals surface area contributed by atoms with Crippen LogP contribution in [0.15, 0.2) is 18.2 Å². The van der Waals surface area contributed by atoms with Crippen molar-refractivity contribution in [3.63, 3.8) is 0 Å². The van der Waals surface area contributed by atoms with E-state index in [1.807, 2.05) is 6.92 Å². The topological polar surface area (TPSA) is 48.1 Å². The maximum atomic E-state index is 5.84. The van der Waals surface area contributed by atoms with Gasteiger partial charge in [0.1, 0.15) is 5.75 Å². The van der Waals surface area contributed by atoms with Gasteiger partial charge in [-0.2, -0.15) is 0 Å². The number of rotatable bonds is 5. The lowest BCUT2D eigenvalue weighted by molar-refractivity contribution is 0.319. The van der Waals surface area contributed by atoms with Crippen LogP contribution in [0.25, 0.3) is 0 Å². The van der Waals surface area contributed by atoms with Gasteiger partial charge in [0.05, 0.1) is 17.3 Å². The maximum absolute atomic E-state index is 5.84. The summed E-state index contributed by atoms with van der Waals surface area (Å²) in [4.78, 5) is 5.68. The fourth-order valence-corrected chi connectivity index (χ4v) is 2.82. The highest BCUT2D eigenvalue weighted by Crippen LogP contribution is 2.21. The number of nitrogens with zero attached hydrogens (tertiary/aromatic N) is 1. The molecule has 4 heteroatoms. The zero-order valence-corrected chi connectivity index (χ0v) is 12.5. The number of ether oxygens (including phenoxy) is 1. The van der Waals surface area contributed by atoms with Crippen molar-refractivity contribution in [1.29, 1.82) is 0 Å². The molecular weight excluding hydrogens is 256 g/mol. The summed E-state index contributed by atoms with van der Waals surface area (Å²) in [5.74, 6) is 0.965. The lowest BCUT2D eigenvalue weighted by atomic mass is 10.1. The van der Waals surface area contributed by atoms with E-state index in [9.17, 15) is 0 Å². The Kier molecular flexibility index (Phi) is 4.56. The van der Waals surface area contributed by atoms with Crippen LogP contribution in [-0.2, 0) is 13.0 Å². The molecule has 2 rings (SSSR count). The first-order chi connectivity index (χ1) is 9.10. The summed E-state index contributed by atoms with van der Waals surface area (Å²) in [7, 11) is 0. The zero-order valence-electron chi connectivity index (χ0n) is 11.7. The lowest BCUT2D eigenvalue weighted by Crippen LogP contribution is -2.02. The molecule has 0 spiro atoms. The van der Waals surface area contributed by atoms with E-state index in [1.54, 1.807) is 11.3 Å². The molecule has 0 radical (unpaired) electrons. The van der Waals surface area contributed by atoms with E-state index in [0.717, 1.165) is 22.9 Å². The average molecular weight is 276 g/mol. The van der Waals surface area contributed by atoms with Gasteiger partial charge < -0.3 is 10.5 Å². The molecule has 0 aliphatic carbocycles. The number of hydrogen-bond donors (Lipinski definition) is 1. The second kappa shape index (κ2) is 6.17. The van der Waals surface area contributed by atoms with Gasteiger partial charge in [0.25, 0.3) is 0 Å². The normalized spacial score (nSPS) is 10.7. The van der Waals surface area contributed by atoms with Gasteiger partial charge in [-0.15, -0.1) is 11.3 Å². The Morgan fingerprint density at radius 1 is 1.26 bits per heavy atom. The van der Waals surface area contributed by atoms with Crippen molar-refractivity contribution in [1.82, 2.24) is 4.98 Å². The number of hydrogen-bond acceptors (Lipinski definition) is 4. The number of aryl methyl sites for hydroxylation is 3. The van der Waals surface area contributed by atoms with Crippen LogP contribution in [0.1, 0.15) is 26.7 Å². The van der Waals surface area contributed by atoms with Crippen LogP contribution in [0, 0.1) is 20.8 Å². The van der Waals surface area contributed by atoms with Crippen molar-refractivity contribution in [2.45, 2.75) is 33.7 Å². The molecule has 0 atom stereocenters. The third kappa shape index (κ3) is 3.55. The van der Waals surface area contributed by atoms with Crippen molar-refractivity contribution in [3.05, 3.63) is 44.9 Å². The second-order valence-electron chi connectivity index (χ2n) is 4.69. The quantitative estimate of drug-likeness (QED) is 0.912. The van der Waals surface area contributed by atoms with Crippen molar-refractivity contribution in [2.24, 2.45) is 5.73 Å². The summed E-state index contributed by atoms with van der Waals surface area (Å²) < 4.78 is 5.84. The van der Waals surface area contributed by atoms with E-state index in [-0.39, 0.29) is 0 Å². The van der Waals surface area contributed by atoms with Crippen LogP contribution >= 0.6 is 11.3 Å². The third-order valence-electron chi connectivity index (χ3n) is 3.04. The van der Waals surface area contributed by atoms with Crippen LogP contribution in [0.2, 0.25) is 0 Å². The predicted molar refractivity (Wildman–Crippen MR) is 79.9 cm³/mol. The van der Waals surface area contributed by atoms with E-state index in [0.29, 0.717) is 13.2 Å². The van der Waals surface area contributed by atoms with E-state index >= 15 is 0 Å². The molecule has 1 heterocycles. The summed E-state index contributed by atoms with van der Waals surface area (Å²) in [5, 5.41) is 1.10. The molecule has 0 aliphatic rings. The molecule has 102 valence electrons. The first kappa shape index (κ1) is 14.0. The zero-order chi connectivity index (χ0) is 13.8. The van der Waals surface area contributed by atoms with Crippen molar-refractivity contribution in [3.8, 4) is 5.75 Å². The number of benzene rings is 1. The molecule has 2 aromatic rings. The van der Waals surface area contributed by atoms with Crippen molar-refractivity contribution in [2.75, 3.05) is 6.61 Å². The number of aromatic nitrogens is 1. The van der Waals surface area contributed by atoms with E-state index in [4.69, 9.17) is 10.5 Å². The molecule has 0 aliphatic heterocycles. The lowest BCUT2D eigenvalue weighted by Gasteiger charge is -2.08. The molecule has 0 saturated heterocycles. The summed E-state index contributed by atoms with van der Waals surface area (Å²) in [6, 6.07) is 6.26. The van der Waals surface area contributed by atoms with Gasteiger partial charge in [0.15, 0.2) is 0 Å². The monoisotopic (exact) mass is 276 g/mol. The van der Waals surface area contributed by atoms with Crippen molar-refractivity contribution < 1.29 is 4.74 Å². The SMILES string of the molecule is Cc1ccc(C)c(OCCc2nc(C)c(CN)s2)c1. The molecule has 0 amide bonds. The molecule has 0 saturated carbocycles. The van der Waals surface area contributed by atoms with Crippen molar-refractivity contribution >= 4 is 11.3 Å². The van der Waals surface area contributed by atoms with E-state index in [1.165, 1.54) is 16.0 Å². The Hall–Kier alpha value is -1.39. The fraction of sp³-hybridized carbons (Fsp3) is 0.400. The third-order valence-corrected chi connectivity index (χ3v) is 4.28. The minimum Gasteiger partial charge on any atom is -0.493 e. The first-order valence-electron chi connectivity index (χ1n) is 6.45. The van der Waals surface area contributed by atoms with Gasteiger partial charge >= 0.3 is 0 Å². The average Bonchev–Trinajstić information content (AvgIpc) is 2.74. The Balaban J connectivity index is 1.94. The van der Waals surface area contributed by atoms with Crippen LogP contribution in [0.5, 0.6) is 5.75 Å². The standard InChI is InChI=1S/C15H20N2OS/c1-10-4-5-11(2)13(8-10)18-7-6-15-17-12(3)14(9-16)19-15/h4-5,8H,6-7,9,16H2,1-3H3. The highest BCUT2D eigenvalue weighted by molar-refractivity contribution is 7.11. The number of nitrogens with two attached hydrogens (primary N) is 1. The summed E-state index contributed by atoms with van der Waals surface area (Å²) in [6.07, 6.45) is 0.832. The van der Waals surface area contributed by atoms with Gasteiger partial charge in [-0.05, 0) is 38.0 Å². The van der Waals surface area contributed by atoms with Gasteiger partial charge in [0, 0.05) is 17.8 Å². The summed E-state index contributed by atoms with van der Waals surface area (Å²) in [5.41, 5.74) is 9.10. The molecule has 0 fully saturated rings. The Labute approximate surface area is 118 Å². The van der Waals surface area contributed by atoms with Crippen LogP contribution in [0.3, 0.4) is 0 Å². The Morgan fingerprint density at radius 3 is 2.74 bits per heavy atom. The number of thiazole rings is 1. The molecule has 0 bridgehead atoms. The minimum atomic E-state index is 0.571. The summed E-state index contributed by atoms with van der Waals surface area (Å²) in [6.45, 7) is 7.37. The van der Waals surface area contributed by atoms with E-state index < -0.39 is 0 Å². The fourth-order valence-electron chi connectivity index (χ4n) is 1.90. The van der Waals surface area contributed by atoms with Gasteiger partial charge in [-0.3, -0.25) is 0 Å². The Morgan fingerprint density at radius 2 is 2.05 bits per heavy atom. The predicted octanol–water partition coefficient (Wildman–Crippen LogP) is 3.15. The molecule has 19 heavy (non-hydrogen) atoms. The molecule has 1 aromatic heterocycles. The second-order valence-corrected chi connectivity index (χ2v) is 5.86. The van der Waals surface area contributed by atoms with Crippen LogP contribution in [-0.4, -0.2) is 11.6 Å².